The summed E-state index contributed by atoms with van der Waals surface area (Å²) in [5, 5.41) is 0. The van der Waals surface area contributed by atoms with Crippen molar-refractivity contribution in [3.63, 3.8) is 0 Å². The van der Waals surface area contributed by atoms with E-state index in [1.165, 1.54) is 5.56 Å². The molecule has 162 valence electrons. The third kappa shape index (κ3) is 4.37. The van der Waals surface area contributed by atoms with E-state index in [9.17, 15) is 0 Å². The number of fused-ring (bicyclic) bond motifs is 1. The van der Waals surface area contributed by atoms with Crippen molar-refractivity contribution in [2.24, 2.45) is 0 Å². The molecule has 2 aliphatic rings. The highest BCUT2D eigenvalue weighted by Crippen LogP contribution is 2.31. The molecule has 4 rings (SSSR count). The van der Waals surface area contributed by atoms with Crippen LogP contribution in [0.1, 0.15) is 42.4 Å². The molecule has 1 aromatic carbocycles. The van der Waals surface area contributed by atoms with Crippen LogP contribution in [0.3, 0.4) is 0 Å². The van der Waals surface area contributed by atoms with E-state index in [4.69, 9.17) is 24.2 Å². The standard InChI is InChI=1S/C23H32N4O3/c1-16(2)22-24-20-15-26(14-17-5-6-18(28-3)13-21(17)29-4)8-7-19(20)23(25-22)27-9-11-30-12-10-27/h5-6,13,16H,7-12,14-15H2,1-4H3. The number of nitrogens with zero attached hydrogens (tertiary/aromatic N) is 4. The zero-order chi connectivity index (χ0) is 21.1. The Kier molecular flexibility index (Phi) is 6.39. The Morgan fingerprint density at radius 3 is 2.57 bits per heavy atom. The molecule has 1 fully saturated rings. The van der Waals surface area contributed by atoms with Gasteiger partial charge in [-0.05, 0) is 12.5 Å². The van der Waals surface area contributed by atoms with E-state index in [1.54, 1.807) is 14.2 Å². The normalized spacial score (nSPS) is 17.2. The molecule has 0 aliphatic carbocycles. The summed E-state index contributed by atoms with van der Waals surface area (Å²) >= 11 is 0. The van der Waals surface area contributed by atoms with Crippen LogP contribution in [0.2, 0.25) is 0 Å². The maximum absolute atomic E-state index is 5.60. The summed E-state index contributed by atoms with van der Waals surface area (Å²) in [5.74, 6) is 4.02. The van der Waals surface area contributed by atoms with Gasteiger partial charge in [0, 0.05) is 55.8 Å². The molecule has 7 nitrogen and oxygen atoms in total. The third-order valence-electron chi connectivity index (χ3n) is 5.85. The smallest absolute Gasteiger partial charge is 0.136 e. The van der Waals surface area contributed by atoms with Crippen LogP contribution < -0.4 is 14.4 Å². The minimum absolute atomic E-state index is 0.298. The van der Waals surface area contributed by atoms with Crippen molar-refractivity contribution in [3.05, 3.63) is 40.8 Å². The minimum Gasteiger partial charge on any atom is -0.497 e. The highest BCUT2D eigenvalue weighted by atomic mass is 16.5. The van der Waals surface area contributed by atoms with Crippen molar-refractivity contribution < 1.29 is 14.2 Å². The fourth-order valence-corrected chi connectivity index (χ4v) is 4.14. The lowest BCUT2D eigenvalue weighted by molar-refractivity contribution is 0.122. The van der Waals surface area contributed by atoms with Gasteiger partial charge in [-0.2, -0.15) is 0 Å². The maximum atomic E-state index is 5.60. The van der Waals surface area contributed by atoms with Gasteiger partial charge in [-0.1, -0.05) is 19.9 Å². The largest absolute Gasteiger partial charge is 0.497 e. The number of anilines is 1. The lowest BCUT2D eigenvalue weighted by atomic mass is 10.0. The minimum atomic E-state index is 0.298. The van der Waals surface area contributed by atoms with E-state index >= 15 is 0 Å². The predicted octanol–water partition coefficient (Wildman–Crippen LogP) is 3.01. The molecule has 30 heavy (non-hydrogen) atoms. The Balaban J connectivity index is 1.59. The Labute approximate surface area is 179 Å². The number of hydrogen-bond acceptors (Lipinski definition) is 7. The Hall–Kier alpha value is -2.38. The molecule has 0 unspecified atom stereocenters. The summed E-state index contributed by atoms with van der Waals surface area (Å²) in [6.07, 6.45) is 0.957. The van der Waals surface area contributed by atoms with Gasteiger partial charge in [-0.3, -0.25) is 4.90 Å². The molecule has 1 saturated heterocycles. The highest BCUT2D eigenvalue weighted by Gasteiger charge is 2.27. The highest BCUT2D eigenvalue weighted by molar-refractivity contribution is 5.51. The fourth-order valence-electron chi connectivity index (χ4n) is 4.14. The number of rotatable bonds is 6. The van der Waals surface area contributed by atoms with Crippen LogP contribution in [0.5, 0.6) is 11.5 Å². The summed E-state index contributed by atoms with van der Waals surface area (Å²) in [5.41, 5.74) is 3.63. The van der Waals surface area contributed by atoms with E-state index in [2.05, 4.69) is 29.7 Å². The van der Waals surface area contributed by atoms with Crippen LogP contribution in [0.25, 0.3) is 0 Å². The maximum Gasteiger partial charge on any atom is 0.136 e. The van der Waals surface area contributed by atoms with Crippen LogP contribution in [0, 0.1) is 0 Å². The Bertz CT molecular complexity index is 881. The molecular formula is C23H32N4O3. The fraction of sp³-hybridized carbons (Fsp3) is 0.565. The zero-order valence-corrected chi connectivity index (χ0v) is 18.5. The SMILES string of the molecule is COc1ccc(CN2CCc3c(nc(C(C)C)nc3N3CCOCC3)C2)c(OC)c1. The molecule has 7 heteroatoms. The van der Waals surface area contributed by atoms with Gasteiger partial charge in [-0.25, -0.2) is 9.97 Å². The first kappa shape index (κ1) is 20.9. The monoisotopic (exact) mass is 412 g/mol. The number of aromatic nitrogens is 2. The van der Waals surface area contributed by atoms with Crippen molar-refractivity contribution in [2.45, 2.75) is 39.3 Å². The lowest BCUT2D eigenvalue weighted by Crippen LogP contribution is -2.39. The van der Waals surface area contributed by atoms with E-state index in [1.807, 2.05) is 12.1 Å². The summed E-state index contributed by atoms with van der Waals surface area (Å²) in [4.78, 5) is 14.8. The average molecular weight is 413 g/mol. The number of benzene rings is 1. The Morgan fingerprint density at radius 2 is 1.87 bits per heavy atom. The predicted molar refractivity (Wildman–Crippen MR) is 117 cm³/mol. The third-order valence-corrected chi connectivity index (χ3v) is 5.85. The molecule has 2 aliphatic heterocycles. The number of methoxy groups -OCH3 is 2. The van der Waals surface area contributed by atoms with Gasteiger partial charge in [0.15, 0.2) is 0 Å². The van der Waals surface area contributed by atoms with Crippen LogP contribution in [0.4, 0.5) is 5.82 Å². The van der Waals surface area contributed by atoms with Crippen LogP contribution in [-0.2, 0) is 24.2 Å². The Morgan fingerprint density at radius 1 is 1.07 bits per heavy atom. The van der Waals surface area contributed by atoms with Gasteiger partial charge in [0.05, 0.1) is 33.1 Å². The van der Waals surface area contributed by atoms with Crippen molar-refractivity contribution in [1.82, 2.24) is 14.9 Å². The summed E-state index contributed by atoms with van der Waals surface area (Å²) in [6, 6.07) is 6.03. The van der Waals surface area contributed by atoms with Crippen molar-refractivity contribution in [1.29, 1.82) is 0 Å². The van der Waals surface area contributed by atoms with Crippen LogP contribution in [0.15, 0.2) is 18.2 Å². The van der Waals surface area contributed by atoms with Gasteiger partial charge < -0.3 is 19.1 Å². The summed E-state index contributed by atoms with van der Waals surface area (Å²) in [6.45, 7) is 10.3. The number of ether oxygens (including phenoxy) is 3. The van der Waals surface area contributed by atoms with Crippen molar-refractivity contribution in [3.8, 4) is 11.5 Å². The van der Waals surface area contributed by atoms with Gasteiger partial charge in [-0.15, -0.1) is 0 Å². The van der Waals surface area contributed by atoms with Crippen LogP contribution >= 0.6 is 0 Å². The van der Waals surface area contributed by atoms with Gasteiger partial charge in [0.25, 0.3) is 0 Å². The van der Waals surface area contributed by atoms with Gasteiger partial charge in [0.2, 0.25) is 0 Å². The molecule has 3 heterocycles. The lowest BCUT2D eigenvalue weighted by Gasteiger charge is -2.34. The summed E-state index contributed by atoms with van der Waals surface area (Å²) < 4.78 is 16.5. The van der Waals surface area contributed by atoms with Crippen molar-refractivity contribution in [2.75, 3.05) is 52.0 Å². The first-order valence-corrected chi connectivity index (χ1v) is 10.7. The molecule has 0 saturated carbocycles. The molecular weight excluding hydrogens is 380 g/mol. The van der Waals surface area contributed by atoms with E-state index < -0.39 is 0 Å². The van der Waals surface area contributed by atoms with Gasteiger partial charge >= 0.3 is 0 Å². The second kappa shape index (κ2) is 9.18. The summed E-state index contributed by atoms with van der Waals surface area (Å²) in [7, 11) is 3.38. The second-order valence-corrected chi connectivity index (χ2v) is 8.22. The molecule has 2 aromatic rings. The molecule has 0 spiro atoms. The quantitative estimate of drug-likeness (QED) is 0.723. The van der Waals surface area contributed by atoms with Crippen molar-refractivity contribution >= 4 is 5.82 Å². The van der Waals surface area contributed by atoms with E-state index in [0.717, 1.165) is 86.8 Å². The molecule has 0 bridgehead atoms. The topological polar surface area (TPSA) is 60.0 Å². The second-order valence-electron chi connectivity index (χ2n) is 8.22. The molecule has 0 atom stereocenters. The van der Waals surface area contributed by atoms with Crippen LogP contribution in [-0.4, -0.2) is 61.9 Å². The molecule has 0 radical (unpaired) electrons. The number of hydrogen-bond donors (Lipinski definition) is 0. The zero-order valence-electron chi connectivity index (χ0n) is 18.5. The number of morpholine rings is 1. The average Bonchev–Trinajstić information content (AvgIpc) is 2.79. The molecule has 1 aromatic heterocycles. The van der Waals surface area contributed by atoms with Gasteiger partial charge in [0.1, 0.15) is 23.1 Å². The molecule has 0 N–H and O–H groups in total. The van der Waals surface area contributed by atoms with E-state index in [-0.39, 0.29) is 0 Å². The molecule has 0 amide bonds. The van der Waals surface area contributed by atoms with E-state index in [0.29, 0.717) is 5.92 Å². The first-order chi connectivity index (χ1) is 14.6. The first-order valence-electron chi connectivity index (χ1n) is 10.7.